The van der Waals surface area contributed by atoms with Crippen molar-refractivity contribution in [3.8, 4) is 0 Å². The van der Waals surface area contributed by atoms with Crippen LogP contribution >= 0.6 is 22.9 Å². The summed E-state index contributed by atoms with van der Waals surface area (Å²) in [4.78, 5) is 30.0. The Labute approximate surface area is 180 Å². The van der Waals surface area contributed by atoms with Crippen molar-refractivity contribution in [3.63, 3.8) is 0 Å². The van der Waals surface area contributed by atoms with Gasteiger partial charge in [-0.05, 0) is 31.5 Å². The van der Waals surface area contributed by atoms with Crippen LogP contribution in [0.15, 0.2) is 30.3 Å². The molecule has 156 valence electrons. The summed E-state index contributed by atoms with van der Waals surface area (Å²) >= 11 is 7.64. The van der Waals surface area contributed by atoms with E-state index in [4.69, 9.17) is 16.3 Å². The molecular formula is C21H26ClN3O3S. The summed E-state index contributed by atoms with van der Waals surface area (Å²) in [6.45, 7) is 8.48. The number of ether oxygens (including phenoxy) is 1. The molecule has 1 saturated heterocycles. The number of nitrogens with zero attached hydrogens (tertiary/aromatic N) is 2. The van der Waals surface area contributed by atoms with E-state index in [0.29, 0.717) is 23.7 Å². The van der Waals surface area contributed by atoms with Crippen LogP contribution in [0, 0.1) is 6.92 Å². The number of halogens is 1. The number of carbonyl (C=O) groups excluding carboxylic acids is 2. The lowest BCUT2D eigenvalue weighted by molar-refractivity contribution is -0.117. The molecule has 0 saturated carbocycles. The van der Waals surface area contributed by atoms with Gasteiger partial charge >= 0.3 is 5.97 Å². The molecule has 0 atom stereocenters. The molecular weight excluding hydrogens is 410 g/mol. The Kier molecular flexibility index (Phi) is 7.66. The molecule has 0 spiro atoms. The number of piperazine rings is 1. The van der Waals surface area contributed by atoms with Crippen LogP contribution in [-0.4, -0.2) is 61.0 Å². The Balaban J connectivity index is 1.49. The molecule has 1 aliphatic heterocycles. The van der Waals surface area contributed by atoms with Crippen molar-refractivity contribution in [2.24, 2.45) is 0 Å². The number of amides is 1. The molecule has 0 unspecified atom stereocenters. The van der Waals surface area contributed by atoms with E-state index in [9.17, 15) is 9.59 Å². The summed E-state index contributed by atoms with van der Waals surface area (Å²) in [7, 11) is 0. The van der Waals surface area contributed by atoms with Gasteiger partial charge in [-0.15, -0.1) is 11.3 Å². The molecule has 6 nitrogen and oxygen atoms in total. The lowest BCUT2D eigenvalue weighted by Crippen LogP contribution is -2.48. The fourth-order valence-electron chi connectivity index (χ4n) is 3.31. The monoisotopic (exact) mass is 435 g/mol. The summed E-state index contributed by atoms with van der Waals surface area (Å²) in [6.07, 6.45) is 0. The number of anilines is 1. The smallest absolute Gasteiger partial charge is 0.341 e. The maximum absolute atomic E-state index is 12.5. The van der Waals surface area contributed by atoms with Gasteiger partial charge in [-0.2, -0.15) is 0 Å². The summed E-state index contributed by atoms with van der Waals surface area (Å²) in [5, 5.41) is 4.23. The number of aryl methyl sites for hydroxylation is 1. The van der Waals surface area contributed by atoms with Crippen molar-refractivity contribution in [2.75, 3.05) is 44.6 Å². The first-order valence-electron chi connectivity index (χ1n) is 9.71. The molecule has 1 amide bonds. The van der Waals surface area contributed by atoms with Crippen LogP contribution in [0.1, 0.15) is 27.7 Å². The van der Waals surface area contributed by atoms with Gasteiger partial charge in [0.15, 0.2) is 0 Å². The summed E-state index contributed by atoms with van der Waals surface area (Å²) < 4.78 is 5.07. The maximum atomic E-state index is 12.5. The van der Waals surface area contributed by atoms with Crippen LogP contribution in [0.3, 0.4) is 0 Å². The minimum Gasteiger partial charge on any atom is -0.462 e. The average molecular weight is 436 g/mol. The molecule has 1 fully saturated rings. The highest BCUT2D eigenvalue weighted by Crippen LogP contribution is 2.28. The Bertz CT molecular complexity index is 863. The van der Waals surface area contributed by atoms with E-state index >= 15 is 0 Å². The summed E-state index contributed by atoms with van der Waals surface area (Å²) in [5.74, 6) is -0.516. The van der Waals surface area contributed by atoms with Crippen molar-refractivity contribution in [2.45, 2.75) is 20.4 Å². The molecule has 1 aliphatic rings. The number of nitrogens with one attached hydrogen (secondary N) is 1. The average Bonchev–Trinajstić information content (AvgIpc) is 3.05. The SMILES string of the molecule is CCOC(=O)c1cc(C)sc1NC(=O)CN1CCN(Cc2ccccc2Cl)CC1. The Morgan fingerprint density at radius 1 is 1.17 bits per heavy atom. The van der Waals surface area contributed by atoms with Crippen molar-refractivity contribution in [1.82, 2.24) is 9.80 Å². The fraction of sp³-hybridized carbons (Fsp3) is 0.429. The predicted octanol–water partition coefficient (Wildman–Crippen LogP) is 3.64. The first kappa shape index (κ1) is 21.8. The van der Waals surface area contributed by atoms with Gasteiger partial charge in [0.05, 0.1) is 18.7 Å². The minimum absolute atomic E-state index is 0.114. The highest BCUT2D eigenvalue weighted by atomic mass is 35.5. The molecule has 1 aromatic carbocycles. The van der Waals surface area contributed by atoms with Gasteiger partial charge in [-0.3, -0.25) is 14.6 Å². The molecule has 29 heavy (non-hydrogen) atoms. The molecule has 0 bridgehead atoms. The minimum atomic E-state index is -0.402. The predicted molar refractivity (Wildman–Crippen MR) is 117 cm³/mol. The molecule has 2 heterocycles. The molecule has 2 aromatic rings. The largest absolute Gasteiger partial charge is 0.462 e. The number of carbonyl (C=O) groups is 2. The second-order valence-electron chi connectivity index (χ2n) is 7.01. The van der Waals surface area contributed by atoms with E-state index in [1.807, 2.05) is 31.2 Å². The normalized spacial score (nSPS) is 15.3. The van der Waals surface area contributed by atoms with Gasteiger partial charge in [0.1, 0.15) is 5.00 Å². The first-order chi connectivity index (χ1) is 14.0. The quantitative estimate of drug-likeness (QED) is 0.673. The van der Waals surface area contributed by atoms with Crippen molar-refractivity contribution >= 4 is 39.8 Å². The van der Waals surface area contributed by atoms with Gasteiger partial charge in [0.2, 0.25) is 5.91 Å². The first-order valence-corrected chi connectivity index (χ1v) is 10.9. The van der Waals surface area contributed by atoms with E-state index in [1.54, 1.807) is 13.0 Å². The highest BCUT2D eigenvalue weighted by molar-refractivity contribution is 7.16. The molecule has 0 radical (unpaired) electrons. The van der Waals surface area contributed by atoms with Gasteiger partial charge in [-0.25, -0.2) is 4.79 Å². The Morgan fingerprint density at radius 2 is 1.86 bits per heavy atom. The van der Waals surface area contributed by atoms with Crippen LogP contribution in [0.25, 0.3) is 0 Å². The van der Waals surface area contributed by atoms with E-state index < -0.39 is 5.97 Å². The molecule has 1 N–H and O–H groups in total. The fourth-order valence-corrected chi connectivity index (χ4v) is 4.42. The molecule has 0 aliphatic carbocycles. The second-order valence-corrected chi connectivity index (χ2v) is 8.68. The maximum Gasteiger partial charge on any atom is 0.341 e. The van der Waals surface area contributed by atoms with Crippen molar-refractivity contribution < 1.29 is 14.3 Å². The van der Waals surface area contributed by atoms with Gasteiger partial charge in [0, 0.05) is 42.6 Å². The standard InChI is InChI=1S/C21H26ClN3O3S/c1-3-28-21(27)17-12-15(2)29-20(17)23-19(26)14-25-10-8-24(9-11-25)13-16-6-4-5-7-18(16)22/h4-7,12H,3,8-11,13-14H2,1-2H3,(H,23,26). The number of esters is 1. The van der Waals surface area contributed by atoms with Gasteiger partial charge < -0.3 is 10.1 Å². The van der Waals surface area contributed by atoms with E-state index in [0.717, 1.165) is 48.2 Å². The zero-order valence-electron chi connectivity index (χ0n) is 16.7. The number of hydrogen-bond acceptors (Lipinski definition) is 6. The second kappa shape index (κ2) is 10.2. The molecule has 1 aromatic heterocycles. The van der Waals surface area contributed by atoms with E-state index in [1.165, 1.54) is 11.3 Å². The highest BCUT2D eigenvalue weighted by Gasteiger charge is 2.22. The van der Waals surface area contributed by atoms with Crippen LogP contribution < -0.4 is 5.32 Å². The van der Waals surface area contributed by atoms with Crippen LogP contribution in [-0.2, 0) is 16.1 Å². The molecule has 3 rings (SSSR count). The van der Waals surface area contributed by atoms with Crippen molar-refractivity contribution in [3.05, 3.63) is 51.4 Å². The van der Waals surface area contributed by atoms with Crippen LogP contribution in [0.4, 0.5) is 5.00 Å². The third-order valence-electron chi connectivity index (χ3n) is 4.79. The van der Waals surface area contributed by atoms with Crippen LogP contribution in [0.5, 0.6) is 0 Å². The molecule has 8 heteroatoms. The number of rotatable bonds is 7. The third kappa shape index (κ3) is 6.02. The van der Waals surface area contributed by atoms with E-state index in [-0.39, 0.29) is 5.91 Å². The van der Waals surface area contributed by atoms with Crippen molar-refractivity contribution in [1.29, 1.82) is 0 Å². The number of thiophene rings is 1. The lowest BCUT2D eigenvalue weighted by atomic mass is 10.2. The zero-order valence-corrected chi connectivity index (χ0v) is 18.3. The van der Waals surface area contributed by atoms with Crippen LogP contribution in [0.2, 0.25) is 5.02 Å². The Hall–Kier alpha value is -1.93. The summed E-state index contributed by atoms with van der Waals surface area (Å²) in [5.41, 5.74) is 1.55. The number of benzene rings is 1. The Morgan fingerprint density at radius 3 is 2.55 bits per heavy atom. The third-order valence-corrected chi connectivity index (χ3v) is 6.12. The number of hydrogen-bond donors (Lipinski definition) is 1. The topological polar surface area (TPSA) is 61.9 Å². The van der Waals surface area contributed by atoms with Gasteiger partial charge in [-0.1, -0.05) is 29.8 Å². The summed E-state index contributed by atoms with van der Waals surface area (Å²) in [6, 6.07) is 9.65. The van der Waals surface area contributed by atoms with Gasteiger partial charge in [0.25, 0.3) is 0 Å². The lowest BCUT2D eigenvalue weighted by Gasteiger charge is -2.34. The zero-order chi connectivity index (χ0) is 20.8. The van der Waals surface area contributed by atoms with E-state index in [2.05, 4.69) is 15.1 Å².